The van der Waals surface area contributed by atoms with Crippen LogP contribution in [0.3, 0.4) is 0 Å². The van der Waals surface area contributed by atoms with Gasteiger partial charge in [0.05, 0.1) is 5.56 Å². The number of benzene rings is 1. The molecule has 0 aromatic heterocycles. The van der Waals surface area contributed by atoms with Crippen LogP contribution in [0.4, 0.5) is 23.7 Å². The lowest BCUT2D eigenvalue weighted by Crippen LogP contribution is -2.37. The SMILES string of the molecule is CC(C)(C)OC(=O)N1CC2CN(c3cc(C(F)(F)F)ccc3C=O)CC2C1. The van der Waals surface area contributed by atoms with E-state index in [1.54, 1.807) is 25.7 Å². The Morgan fingerprint density at radius 2 is 1.70 bits per heavy atom. The summed E-state index contributed by atoms with van der Waals surface area (Å²) in [6.07, 6.45) is -4.24. The van der Waals surface area contributed by atoms with Crippen molar-refractivity contribution in [2.24, 2.45) is 11.8 Å². The molecule has 0 saturated carbocycles. The van der Waals surface area contributed by atoms with Crippen molar-refractivity contribution in [1.82, 2.24) is 4.90 Å². The number of hydrogen-bond donors (Lipinski definition) is 0. The molecule has 8 heteroatoms. The first-order valence-corrected chi connectivity index (χ1v) is 8.87. The minimum Gasteiger partial charge on any atom is -0.444 e. The molecule has 2 fully saturated rings. The maximum Gasteiger partial charge on any atom is 0.416 e. The van der Waals surface area contributed by atoms with Crippen molar-refractivity contribution in [3.8, 4) is 0 Å². The summed E-state index contributed by atoms with van der Waals surface area (Å²) in [6, 6.07) is 3.18. The van der Waals surface area contributed by atoms with Crippen molar-refractivity contribution in [2.45, 2.75) is 32.5 Å². The minimum atomic E-state index is -4.46. The number of fused-ring (bicyclic) bond motifs is 1. The van der Waals surface area contributed by atoms with Gasteiger partial charge in [0.25, 0.3) is 0 Å². The van der Waals surface area contributed by atoms with Crippen LogP contribution in [0.2, 0.25) is 0 Å². The number of carbonyl (C=O) groups excluding carboxylic acids is 2. The average molecular weight is 384 g/mol. The fourth-order valence-corrected chi connectivity index (χ4v) is 3.76. The lowest BCUT2D eigenvalue weighted by Gasteiger charge is -2.27. The fraction of sp³-hybridized carbons (Fsp3) is 0.579. The van der Waals surface area contributed by atoms with Crippen LogP contribution >= 0.6 is 0 Å². The molecule has 0 radical (unpaired) electrons. The average Bonchev–Trinajstić information content (AvgIpc) is 3.10. The predicted molar refractivity (Wildman–Crippen MR) is 93.8 cm³/mol. The summed E-state index contributed by atoms with van der Waals surface area (Å²) < 4.78 is 44.5. The van der Waals surface area contributed by atoms with Crippen LogP contribution < -0.4 is 4.90 Å². The number of hydrogen-bond acceptors (Lipinski definition) is 4. The third kappa shape index (κ3) is 4.20. The topological polar surface area (TPSA) is 49.9 Å². The molecule has 148 valence electrons. The zero-order valence-corrected chi connectivity index (χ0v) is 15.5. The summed E-state index contributed by atoms with van der Waals surface area (Å²) >= 11 is 0. The zero-order valence-electron chi connectivity index (χ0n) is 15.5. The molecule has 0 spiro atoms. The number of carbonyl (C=O) groups is 2. The van der Waals surface area contributed by atoms with Gasteiger partial charge in [0, 0.05) is 49.3 Å². The molecule has 5 nitrogen and oxygen atoms in total. The molecule has 1 aromatic rings. The van der Waals surface area contributed by atoms with Gasteiger partial charge < -0.3 is 14.5 Å². The highest BCUT2D eigenvalue weighted by molar-refractivity contribution is 5.85. The van der Waals surface area contributed by atoms with Gasteiger partial charge in [0.2, 0.25) is 0 Å². The van der Waals surface area contributed by atoms with Crippen molar-refractivity contribution in [1.29, 1.82) is 0 Å². The molecule has 2 aliphatic rings. The third-order valence-electron chi connectivity index (χ3n) is 4.96. The summed E-state index contributed by atoms with van der Waals surface area (Å²) in [5.74, 6) is 0.290. The number of ether oxygens (including phenoxy) is 1. The molecule has 27 heavy (non-hydrogen) atoms. The first-order chi connectivity index (χ1) is 12.5. The number of aldehydes is 1. The maximum atomic E-state index is 13.0. The third-order valence-corrected chi connectivity index (χ3v) is 4.96. The standard InChI is InChI=1S/C19H23F3N2O3/c1-18(2,3)27-17(26)24-9-13-7-23(8-14(13)10-24)16-6-15(19(20,21)22)5-4-12(16)11-25/h4-6,11,13-14H,7-10H2,1-3H3. The Hall–Kier alpha value is -2.25. The summed E-state index contributed by atoms with van der Waals surface area (Å²) in [6.45, 7) is 7.43. The first kappa shape index (κ1) is 19.5. The van der Waals surface area contributed by atoms with Crippen LogP contribution in [-0.2, 0) is 10.9 Å². The van der Waals surface area contributed by atoms with Crippen molar-refractivity contribution in [2.75, 3.05) is 31.1 Å². The van der Waals surface area contributed by atoms with Gasteiger partial charge in [-0.15, -0.1) is 0 Å². The lowest BCUT2D eigenvalue weighted by atomic mass is 10.0. The smallest absolute Gasteiger partial charge is 0.416 e. The van der Waals surface area contributed by atoms with E-state index in [1.807, 2.05) is 4.90 Å². The van der Waals surface area contributed by atoms with E-state index in [9.17, 15) is 22.8 Å². The molecule has 0 aliphatic carbocycles. The normalized spacial score (nSPS) is 22.7. The number of anilines is 1. The Labute approximate surface area is 156 Å². The Balaban J connectivity index is 1.72. The number of likely N-dealkylation sites (tertiary alicyclic amines) is 1. The quantitative estimate of drug-likeness (QED) is 0.728. The van der Waals surface area contributed by atoms with Crippen molar-refractivity contribution < 1.29 is 27.5 Å². The Bertz CT molecular complexity index is 729. The van der Waals surface area contributed by atoms with Gasteiger partial charge in [-0.2, -0.15) is 13.2 Å². The van der Waals surface area contributed by atoms with E-state index in [-0.39, 0.29) is 23.5 Å². The van der Waals surface area contributed by atoms with Crippen molar-refractivity contribution >= 4 is 18.1 Å². The second-order valence-corrected chi connectivity index (χ2v) is 8.20. The van der Waals surface area contributed by atoms with Crippen molar-refractivity contribution in [3.05, 3.63) is 29.3 Å². The Morgan fingerprint density at radius 1 is 1.11 bits per heavy atom. The van der Waals surface area contributed by atoms with E-state index in [0.29, 0.717) is 38.2 Å². The second kappa shape index (κ2) is 6.73. The Morgan fingerprint density at radius 3 is 2.19 bits per heavy atom. The van der Waals surface area contributed by atoms with Gasteiger partial charge in [0.1, 0.15) is 5.60 Å². The van der Waals surface area contributed by atoms with E-state index in [4.69, 9.17) is 4.74 Å². The number of alkyl halides is 3. The molecule has 3 rings (SSSR count). The number of halogens is 3. The second-order valence-electron chi connectivity index (χ2n) is 8.20. The molecule has 2 unspecified atom stereocenters. The molecule has 2 saturated heterocycles. The molecular formula is C19H23F3N2O3. The van der Waals surface area contributed by atoms with Gasteiger partial charge in [-0.3, -0.25) is 4.79 Å². The number of rotatable bonds is 2. The fourth-order valence-electron chi connectivity index (χ4n) is 3.76. The van der Waals surface area contributed by atoms with E-state index in [2.05, 4.69) is 0 Å². The molecule has 2 heterocycles. The minimum absolute atomic E-state index is 0.145. The van der Waals surface area contributed by atoms with Gasteiger partial charge in [0.15, 0.2) is 6.29 Å². The highest BCUT2D eigenvalue weighted by Crippen LogP contribution is 2.38. The van der Waals surface area contributed by atoms with Gasteiger partial charge >= 0.3 is 12.3 Å². The molecule has 1 aromatic carbocycles. The summed E-state index contributed by atoms with van der Waals surface area (Å²) in [4.78, 5) is 27.0. The molecule has 2 aliphatic heterocycles. The van der Waals surface area contributed by atoms with Crippen LogP contribution in [-0.4, -0.2) is 49.1 Å². The van der Waals surface area contributed by atoms with Gasteiger partial charge in [-0.1, -0.05) is 0 Å². The molecule has 2 atom stereocenters. The van der Waals surface area contributed by atoms with Crippen LogP contribution in [0.5, 0.6) is 0 Å². The van der Waals surface area contributed by atoms with Gasteiger partial charge in [-0.25, -0.2) is 4.79 Å². The highest BCUT2D eigenvalue weighted by Gasteiger charge is 2.43. The Kier molecular flexibility index (Phi) is 4.86. The zero-order chi connectivity index (χ0) is 20.0. The van der Waals surface area contributed by atoms with Crippen LogP contribution in [0.1, 0.15) is 36.7 Å². The monoisotopic (exact) mass is 384 g/mol. The molecule has 0 N–H and O–H groups in total. The van der Waals surface area contributed by atoms with E-state index in [1.165, 1.54) is 6.07 Å². The lowest BCUT2D eigenvalue weighted by molar-refractivity contribution is -0.137. The largest absolute Gasteiger partial charge is 0.444 e. The van der Waals surface area contributed by atoms with Crippen LogP contribution in [0, 0.1) is 11.8 Å². The van der Waals surface area contributed by atoms with E-state index >= 15 is 0 Å². The van der Waals surface area contributed by atoms with Crippen molar-refractivity contribution in [3.63, 3.8) is 0 Å². The van der Waals surface area contributed by atoms with Crippen LogP contribution in [0.15, 0.2) is 18.2 Å². The van der Waals surface area contributed by atoms with E-state index in [0.717, 1.165) is 12.1 Å². The summed E-state index contributed by atoms with van der Waals surface area (Å²) in [7, 11) is 0. The molecule has 0 bridgehead atoms. The summed E-state index contributed by atoms with van der Waals surface area (Å²) in [5, 5.41) is 0. The van der Waals surface area contributed by atoms with E-state index < -0.39 is 17.3 Å². The van der Waals surface area contributed by atoms with Crippen LogP contribution in [0.25, 0.3) is 0 Å². The van der Waals surface area contributed by atoms with Gasteiger partial charge in [-0.05, 0) is 39.0 Å². The number of nitrogens with zero attached hydrogens (tertiary/aromatic N) is 2. The predicted octanol–water partition coefficient (Wildman–Crippen LogP) is 3.82. The number of amides is 1. The summed E-state index contributed by atoms with van der Waals surface area (Å²) in [5.41, 5.74) is -0.793. The maximum absolute atomic E-state index is 13.0. The first-order valence-electron chi connectivity index (χ1n) is 8.87. The molecular weight excluding hydrogens is 361 g/mol. The molecule has 1 amide bonds. The highest BCUT2D eigenvalue weighted by atomic mass is 19.4.